The van der Waals surface area contributed by atoms with Gasteiger partial charge in [-0.1, -0.05) is 54.9 Å². The summed E-state index contributed by atoms with van der Waals surface area (Å²) in [6, 6.07) is 15.2. The first kappa shape index (κ1) is 28.3. The Kier molecular flexibility index (Phi) is 7.84. The molecule has 1 N–H and O–H groups in total. The number of amides is 1. The van der Waals surface area contributed by atoms with Crippen molar-refractivity contribution >= 4 is 23.2 Å². The highest BCUT2D eigenvalue weighted by Gasteiger charge is 2.24. The first-order valence-corrected chi connectivity index (χ1v) is 13.7. The fraction of sp³-hybridized carbons (Fsp3) is 0.290. The summed E-state index contributed by atoms with van der Waals surface area (Å²) in [6.07, 6.45) is 1.25. The predicted octanol–water partition coefficient (Wildman–Crippen LogP) is 4.49. The Hall–Kier alpha value is -4.21. The third kappa shape index (κ3) is 5.42. The van der Waals surface area contributed by atoms with Crippen LogP contribution in [0.4, 0.5) is 5.69 Å². The zero-order chi connectivity index (χ0) is 29.4. The van der Waals surface area contributed by atoms with Crippen LogP contribution < -0.4 is 21.3 Å². The summed E-state index contributed by atoms with van der Waals surface area (Å²) in [5.74, 6) is 0.685. The number of carbonyl (C=O) groups excluding carboxylic acids is 1. The maximum Gasteiger partial charge on any atom is 0.330 e. The molecule has 41 heavy (non-hydrogen) atoms. The number of nitrogens with zero attached hydrogens (tertiary/aromatic N) is 4. The summed E-state index contributed by atoms with van der Waals surface area (Å²) in [6.45, 7) is 7.04. The molecule has 0 spiro atoms. The Balaban J connectivity index is 1.46. The van der Waals surface area contributed by atoms with Crippen molar-refractivity contribution in [2.45, 2.75) is 20.4 Å². The lowest BCUT2D eigenvalue weighted by atomic mass is 9.96. The average Bonchev–Trinajstić information content (AvgIpc) is 2.94. The van der Waals surface area contributed by atoms with Gasteiger partial charge in [-0.05, 0) is 36.1 Å². The van der Waals surface area contributed by atoms with E-state index in [0.29, 0.717) is 28.2 Å². The largest absolute Gasteiger partial charge is 0.481 e. The van der Waals surface area contributed by atoms with E-state index in [9.17, 15) is 14.4 Å². The second-order valence-electron chi connectivity index (χ2n) is 10.6. The lowest BCUT2D eigenvalue weighted by Gasteiger charge is -2.37. The lowest BCUT2D eigenvalue weighted by molar-refractivity contribution is 0.102. The number of hydrogen-bond acceptors (Lipinski definition) is 6. The van der Waals surface area contributed by atoms with Gasteiger partial charge in [0.25, 0.3) is 11.5 Å². The van der Waals surface area contributed by atoms with E-state index in [1.165, 1.54) is 24.9 Å². The van der Waals surface area contributed by atoms with Crippen molar-refractivity contribution in [2.75, 3.05) is 25.5 Å². The molecule has 0 saturated carbocycles. The van der Waals surface area contributed by atoms with E-state index in [0.717, 1.165) is 52.0 Å². The molecule has 212 valence electrons. The number of methoxy groups -OCH3 is 1. The van der Waals surface area contributed by atoms with Gasteiger partial charge in [-0.3, -0.25) is 19.1 Å². The molecule has 0 radical (unpaired) electrons. The number of benzene rings is 2. The Morgan fingerprint density at radius 3 is 2.44 bits per heavy atom. The summed E-state index contributed by atoms with van der Waals surface area (Å²) in [5, 5.41) is 3.34. The molecular formula is C31H32ClN5O4. The van der Waals surface area contributed by atoms with Gasteiger partial charge in [0.05, 0.1) is 17.8 Å². The molecule has 10 heteroatoms. The fourth-order valence-corrected chi connectivity index (χ4v) is 5.59. The monoisotopic (exact) mass is 573 g/mol. The molecule has 0 bridgehead atoms. The van der Waals surface area contributed by atoms with E-state index in [1.54, 1.807) is 13.2 Å². The van der Waals surface area contributed by atoms with Gasteiger partial charge < -0.3 is 14.6 Å². The predicted molar refractivity (Wildman–Crippen MR) is 161 cm³/mol. The number of nitrogens with one attached hydrogen (secondary N) is 1. The molecule has 2 aromatic heterocycles. The van der Waals surface area contributed by atoms with Gasteiger partial charge in [0, 0.05) is 62.3 Å². The van der Waals surface area contributed by atoms with Crippen molar-refractivity contribution in [3.05, 3.63) is 97.3 Å². The fourth-order valence-electron chi connectivity index (χ4n) is 5.27. The Labute approximate surface area is 243 Å². The number of hydrogen-bond donors (Lipinski definition) is 1. The van der Waals surface area contributed by atoms with Crippen molar-refractivity contribution in [3.8, 4) is 28.3 Å². The molecule has 0 aliphatic carbocycles. The number of likely N-dealkylation sites (tertiary alicyclic amines) is 1. The molecule has 1 amide bonds. The topological polar surface area (TPSA) is 98.5 Å². The van der Waals surface area contributed by atoms with Gasteiger partial charge in [0.15, 0.2) is 0 Å². The molecule has 1 fully saturated rings. The van der Waals surface area contributed by atoms with Crippen LogP contribution in [0.1, 0.15) is 28.4 Å². The molecule has 9 nitrogen and oxygen atoms in total. The first-order valence-electron chi connectivity index (χ1n) is 13.3. The molecule has 1 saturated heterocycles. The minimum atomic E-state index is -0.663. The normalized spacial score (nSPS) is 13.6. The average molecular weight is 574 g/mol. The van der Waals surface area contributed by atoms with Crippen molar-refractivity contribution in [3.63, 3.8) is 0 Å². The third-order valence-electron chi connectivity index (χ3n) is 7.50. The minimum absolute atomic E-state index is 0.133. The number of aryl methyl sites for hydroxylation is 1. The second kappa shape index (κ2) is 11.3. The first-order chi connectivity index (χ1) is 19.6. The summed E-state index contributed by atoms with van der Waals surface area (Å²) < 4.78 is 7.74. The summed E-state index contributed by atoms with van der Waals surface area (Å²) in [5.41, 5.74) is 4.07. The Morgan fingerprint density at radius 1 is 1.05 bits per heavy atom. The van der Waals surface area contributed by atoms with Gasteiger partial charge in [-0.2, -0.15) is 0 Å². The number of anilines is 1. The van der Waals surface area contributed by atoms with E-state index in [1.807, 2.05) is 49.4 Å². The van der Waals surface area contributed by atoms with Crippen LogP contribution in [0.15, 0.2) is 64.3 Å². The standard InChI is InChI=1S/C31H32ClN5O4/c1-18-14-37(15-18)16-20-12-13-26(34-29(20)41-5)23-10-6-9-22(27(23)32)21-8-7-11-25(19(21)2)33-28(38)24-17-35(3)31(40)36(4)30(24)39/h6-13,17-18H,14-16H2,1-5H3,(H,33,38). The van der Waals surface area contributed by atoms with Crippen LogP contribution in [0.25, 0.3) is 22.4 Å². The van der Waals surface area contributed by atoms with Gasteiger partial charge in [-0.15, -0.1) is 0 Å². The van der Waals surface area contributed by atoms with Crippen LogP contribution in [0.3, 0.4) is 0 Å². The van der Waals surface area contributed by atoms with Crippen molar-refractivity contribution in [1.29, 1.82) is 0 Å². The van der Waals surface area contributed by atoms with Crippen molar-refractivity contribution in [1.82, 2.24) is 19.0 Å². The number of halogens is 1. The Bertz CT molecular complexity index is 1770. The lowest BCUT2D eigenvalue weighted by Crippen LogP contribution is -2.44. The maximum absolute atomic E-state index is 13.1. The third-order valence-corrected chi connectivity index (χ3v) is 7.91. The van der Waals surface area contributed by atoms with Crippen molar-refractivity contribution < 1.29 is 9.53 Å². The molecule has 1 aliphatic heterocycles. The maximum atomic E-state index is 13.1. The van der Waals surface area contributed by atoms with Crippen molar-refractivity contribution in [2.24, 2.45) is 20.0 Å². The molecular weight excluding hydrogens is 542 g/mol. The smallest absolute Gasteiger partial charge is 0.330 e. The van der Waals surface area contributed by atoms with E-state index in [2.05, 4.69) is 17.1 Å². The number of rotatable bonds is 7. The van der Waals surface area contributed by atoms with E-state index >= 15 is 0 Å². The molecule has 0 atom stereocenters. The highest BCUT2D eigenvalue weighted by molar-refractivity contribution is 6.36. The molecule has 3 heterocycles. The molecule has 0 unspecified atom stereocenters. The van der Waals surface area contributed by atoms with Crippen LogP contribution in [0, 0.1) is 12.8 Å². The quantitative estimate of drug-likeness (QED) is 0.350. The summed E-state index contributed by atoms with van der Waals surface area (Å²) >= 11 is 6.99. The second-order valence-corrected chi connectivity index (χ2v) is 10.9. The number of pyridine rings is 1. The summed E-state index contributed by atoms with van der Waals surface area (Å²) in [7, 11) is 4.46. The number of carbonyl (C=O) groups is 1. The van der Waals surface area contributed by atoms with Crippen LogP contribution in [0.2, 0.25) is 5.02 Å². The van der Waals surface area contributed by atoms with E-state index in [4.69, 9.17) is 21.3 Å². The minimum Gasteiger partial charge on any atom is -0.481 e. The van der Waals surface area contributed by atoms with Crippen LogP contribution in [-0.4, -0.2) is 45.1 Å². The molecule has 1 aliphatic rings. The van der Waals surface area contributed by atoms with E-state index < -0.39 is 17.2 Å². The zero-order valence-electron chi connectivity index (χ0n) is 23.7. The van der Waals surface area contributed by atoms with Crippen LogP contribution in [-0.2, 0) is 20.6 Å². The van der Waals surface area contributed by atoms with Gasteiger partial charge in [0.1, 0.15) is 5.56 Å². The summed E-state index contributed by atoms with van der Waals surface area (Å²) in [4.78, 5) is 44.8. The zero-order valence-corrected chi connectivity index (χ0v) is 24.5. The van der Waals surface area contributed by atoms with Crippen LogP contribution >= 0.6 is 11.6 Å². The van der Waals surface area contributed by atoms with Gasteiger partial charge in [0.2, 0.25) is 5.88 Å². The number of ether oxygens (including phenoxy) is 1. The highest BCUT2D eigenvalue weighted by Crippen LogP contribution is 2.39. The number of aromatic nitrogens is 3. The van der Waals surface area contributed by atoms with E-state index in [-0.39, 0.29) is 5.56 Å². The molecule has 5 rings (SSSR count). The van der Waals surface area contributed by atoms with Gasteiger partial charge >= 0.3 is 5.69 Å². The van der Waals surface area contributed by atoms with Crippen LogP contribution in [0.5, 0.6) is 5.88 Å². The Morgan fingerprint density at radius 2 is 1.73 bits per heavy atom. The molecule has 4 aromatic rings. The van der Waals surface area contributed by atoms with Gasteiger partial charge in [-0.25, -0.2) is 9.78 Å². The SMILES string of the molecule is COc1nc(-c2cccc(-c3cccc(NC(=O)c4cn(C)c(=O)n(C)c4=O)c3C)c2Cl)ccc1CN1CC(C)C1. The molecule has 2 aromatic carbocycles. The highest BCUT2D eigenvalue weighted by atomic mass is 35.5.